The highest BCUT2D eigenvalue weighted by Gasteiger charge is 2.42. The zero-order valence-electron chi connectivity index (χ0n) is 7.33. The number of methoxy groups -OCH3 is 1. The van der Waals surface area contributed by atoms with Crippen LogP contribution in [0, 0.1) is 0 Å². The van der Waals surface area contributed by atoms with Gasteiger partial charge in [-0.25, -0.2) is 0 Å². The first-order chi connectivity index (χ1) is 6.11. The first kappa shape index (κ1) is 10.8. The van der Waals surface area contributed by atoms with E-state index < -0.39 is 30.6 Å². The van der Waals surface area contributed by atoms with E-state index in [1.54, 1.807) is 0 Å². The van der Waals surface area contributed by atoms with E-state index in [4.69, 9.17) is 20.3 Å². The Morgan fingerprint density at radius 3 is 2.46 bits per heavy atom. The third kappa shape index (κ3) is 1.98. The van der Waals surface area contributed by atoms with Gasteiger partial charge in [0.1, 0.15) is 18.3 Å². The minimum Gasteiger partial charge on any atom is -0.394 e. The molecule has 0 aliphatic carbocycles. The Kier molecular flexibility index (Phi) is 3.60. The van der Waals surface area contributed by atoms with Crippen molar-refractivity contribution in [2.24, 2.45) is 5.73 Å². The number of aliphatic hydroxyl groups is 3. The van der Waals surface area contributed by atoms with Gasteiger partial charge >= 0.3 is 0 Å². The molecule has 1 aliphatic heterocycles. The van der Waals surface area contributed by atoms with Crippen LogP contribution in [-0.2, 0) is 9.47 Å². The van der Waals surface area contributed by atoms with Crippen molar-refractivity contribution in [2.45, 2.75) is 30.6 Å². The molecule has 6 heteroatoms. The standard InChI is InChI=1S/C7H15NO5/c1-12-7-4(8)6(11)5(10)3(2-9)13-7/h3-7,9-11H,2,8H2,1H3/t3?,4?,5-,6-,7+/m0/s1. The van der Waals surface area contributed by atoms with Crippen molar-refractivity contribution in [3.05, 3.63) is 0 Å². The van der Waals surface area contributed by atoms with E-state index in [9.17, 15) is 10.2 Å². The van der Waals surface area contributed by atoms with Gasteiger partial charge in [0.25, 0.3) is 0 Å². The molecule has 1 saturated heterocycles. The first-order valence-electron chi connectivity index (χ1n) is 4.02. The second kappa shape index (κ2) is 4.32. The number of nitrogens with two attached hydrogens (primary N) is 1. The molecular formula is C7H15NO5. The number of aliphatic hydroxyl groups excluding tert-OH is 3. The molecule has 2 unspecified atom stereocenters. The van der Waals surface area contributed by atoms with E-state index in [0.717, 1.165) is 0 Å². The van der Waals surface area contributed by atoms with Crippen molar-refractivity contribution < 1.29 is 24.8 Å². The summed E-state index contributed by atoms with van der Waals surface area (Å²) >= 11 is 0. The Morgan fingerprint density at radius 2 is 2.00 bits per heavy atom. The quantitative estimate of drug-likeness (QED) is 0.383. The molecule has 0 saturated carbocycles. The second-order valence-corrected chi connectivity index (χ2v) is 3.02. The van der Waals surface area contributed by atoms with Gasteiger partial charge in [-0.2, -0.15) is 0 Å². The Balaban J connectivity index is 2.66. The molecule has 1 rings (SSSR count). The average molecular weight is 193 g/mol. The summed E-state index contributed by atoms with van der Waals surface area (Å²) in [5.41, 5.74) is 5.50. The van der Waals surface area contributed by atoms with Gasteiger partial charge in [0.15, 0.2) is 6.29 Å². The van der Waals surface area contributed by atoms with Crippen LogP contribution in [0.2, 0.25) is 0 Å². The van der Waals surface area contributed by atoms with E-state index in [1.807, 2.05) is 0 Å². The lowest BCUT2D eigenvalue weighted by Crippen LogP contribution is -2.62. The van der Waals surface area contributed by atoms with Crippen molar-refractivity contribution in [1.29, 1.82) is 0 Å². The monoisotopic (exact) mass is 193 g/mol. The molecule has 0 spiro atoms. The lowest BCUT2D eigenvalue weighted by atomic mass is 9.98. The zero-order valence-corrected chi connectivity index (χ0v) is 7.33. The molecule has 5 atom stereocenters. The van der Waals surface area contributed by atoms with Gasteiger partial charge in [-0.05, 0) is 0 Å². The van der Waals surface area contributed by atoms with Crippen LogP contribution in [-0.4, -0.2) is 59.7 Å². The second-order valence-electron chi connectivity index (χ2n) is 3.02. The predicted molar refractivity (Wildman–Crippen MR) is 42.7 cm³/mol. The smallest absolute Gasteiger partial charge is 0.175 e. The number of rotatable bonds is 2. The maximum Gasteiger partial charge on any atom is 0.175 e. The highest BCUT2D eigenvalue weighted by Crippen LogP contribution is 2.19. The summed E-state index contributed by atoms with van der Waals surface area (Å²) in [7, 11) is 1.38. The molecule has 1 fully saturated rings. The minimum absolute atomic E-state index is 0.384. The number of hydrogen-bond acceptors (Lipinski definition) is 6. The maximum atomic E-state index is 9.40. The summed E-state index contributed by atoms with van der Waals surface area (Å²) in [5.74, 6) is 0. The lowest BCUT2D eigenvalue weighted by Gasteiger charge is -2.39. The van der Waals surface area contributed by atoms with Gasteiger partial charge in [-0.3, -0.25) is 0 Å². The highest BCUT2D eigenvalue weighted by atomic mass is 16.7. The Bertz CT molecular complexity index is 147. The van der Waals surface area contributed by atoms with Gasteiger partial charge < -0.3 is 30.5 Å². The molecule has 0 radical (unpaired) electrons. The van der Waals surface area contributed by atoms with Crippen molar-refractivity contribution >= 4 is 0 Å². The average Bonchev–Trinajstić information content (AvgIpc) is 2.15. The van der Waals surface area contributed by atoms with Crippen LogP contribution in [0.4, 0.5) is 0 Å². The van der Waals surface area contributed by atoms with Crippen molar-refractivity contribution in [2.75, 3.05) is 13.7 Å². The van der Waals surface area contributed by atoms with Crippen LogP contribution >= 0.6 is 0 Å². The van der Waals surface area contributed by atoms with Crippen molar-refractivity contribution in [3.8, 4) is 0 Å². The third-order valence-corrected chi connectivity index (χ3v) is 2.16. The SMILES string of the molecule is CO[C@@H]1OC(CO)[C@H](O)[C@@H](O)C1N. The third-order valence-electron chi connectivity index (χ3n) is 2.16. The lowest BCUT2D eigenvalue weighted by molar-refractivity contribution is -0.257. The molecule has 1 aliphatic rings. The molecule has 78 valence electrons. The topological polar surface area (TPSA) is 105 Å². The Morgan fingerprint density at radius 1 is 1.38 bits per heavy atom. The van der Waals surface area contributed by atoms with Gasteiger partial charge in [0, 0.05) is 7.11 Å². The normalized spacial score (nSPS) is 46.4. The molecular weight excluding hydrogens is 178 g/mol. The van der Waals surface area contributed by atoms with E-state index in [-0.39, 0.29) is 6.61 Å². The fraction of sp³-hybridized carbons (Fsp3) is 1.00. The molecule has 6 nitrogen and oxygen atoms in total. The van der Waals surface area contributed by atoms with E-state index in [0.29, 0.717) is 0 Å². The fourth-order valence-electron chi connectivity index (χ4n) is 1.32. The molecule has 5 N–H and O–H groups in total. The first-order valence-corrected chi connectivity index (χ1v) is 4.02. The van der Waals surface area contributed by atoms with Crippen LogP contribution < -0.4 is 5.73 Å². The molecule has 13 heavy (non-hydrogen) atoms. The summed E-state index contributed by atoms with van der Waals surface area (Å²) < 4.78 is 9.90. The fourth-order valence-corrected chi connectivity index (χ4v) is 1.32. The van der Waals surface area contributed by atoms with Crippen molar-refractivity contribution in [3.63, 3.8) is 0 Å². The van der Waals surface area contributed by atoms with E-state index >= 15 is 0 Å². The van der Waals surface area contributed by atoms with Gasteiger partial charge in [0.05, 0.1) is 12.6 Å². The summed E-state index contributed by atoms with van der Waals surface area (Å²) in [6.45, 7) is -0.384. The van der Waals surface area contributed by atoms with Crippen LogP contribution in [0.3, 0.4) is 0 Å². The van der Waals surface area contributed by atoms with E-state index in [2.05, 4.69) is 0 Å². The molecule has 0 amide bonds. The van der Waals surface area contributed by atoms with E-state index in [1.165, 1.54) is 7.11 Å². The van der Waals surface area contributed by atoms with Gasteiger partial charge in [0.2, 0.25) is 0 Å². The largest absolute Gasteiger partial charge is 0.394 e. The predicted octanol–water partition coefficient (Wildman–Crippen LogP) is -2.60. The number of hydrogen-bond donors (Lipinski definition) is 4. The molecule has 0 aromatic heterocycles. The summed E-state index contributed by atoms with van der Waals surface area (Å²) in [6, 6.07) is -0.803. The molecule has 0 aromatic carbocycles. The Labute approximate surface area is 75.9 Å². The van der Waals surface area contributed by atoms with Gasteiger partial charge in [-0.1, -0.05) is 0 Å². The van der Waals surface area contributed by atoms with Crippen LogP contribution in [0.5, 0.6) is 0 Å². The summed E-state index contributed by atoms with van der Waals surface area (Å²) in [6.07, 6.45) is -3.96. The molecule has 0 bridgehead atoms. The zero-order chi connectivity index (χ0) is 10.0. The summed E-state index contributed by atoms with van der Waals surface area (Å²) in [5, 5.41) is 27.5. The highest BCUT2D eigenvalue weighted by molar-refractivity contribution is 4.91. The summed E-state index contributed by atoms with van der Waals surface area (Å²) in [4.78, 5) is 0. The molecule has 0 aromatic rings. The minimum atomic E-state index is -1.17. The Hall–Kier alpha value is -0.240. The maximum absolute atomic E-state index is 9.40. The van der Waals surface area contributed by atoms with Crippen LogP contribution in [0.15, 0.2) is 0 Å². The van der Waals surface area contributed by atoms with Crippen molar-refractivity contribution in [1.82, 2.24) is 0 Å². The number of ether oxygens (including phenoxy) is 2. The van der Waals surface area contributed by atoms with Crippen LogP contribution in [0.25, 0.3) is 0 Å². The van der Waals surface area contributed by atoms with Gasteiger partial charge in [-0.15, -0.1) is 0 Å². The molecule has 1 heterocycles. The van der Waals surface area contributed by atoms with Crippen LogP contribution in [0.1, 0.15) is 0 Å².